The van der Waals surface area contributed by atoms with Crippen LogP contribution in [-0.4, -0.2) is 14.7 Å². The molecule has 0 aliphatic rings. The molecule has 2 heterocycles. The first-order valence-electron chi connectivity index (χ1n) is 4.66. The summed E-state index contributed by atoms with van der Waals surface area (Å²) >= 11 is 3.24. The van der Waals surface area contributed by atoms with Crippen molar-refractivity contribution >= 4 is 15.9 Å². The van der Waals surface area contributed by atoms with Crippen LogP contribution < -0.4 is 5.56 Å². The third-order valence-electron chi connectivity index (χ3n) is 2.09. The van der Waals surface area contributed by atoms with Crippen LogP contribution in [0.2, 0.25) is 0 Å². The molecule has 0 bridgehead atoms. The van der Waals surface area contributed by atoms with Crippen LogP contribution >= 0.6 is 15.9 Å². The van der Waals surface area contributed by atoms with Crippen molar-refractivity contribution in [2.45, 2.75) is 6.61 Å². The second-order valence-corrected chi connectivity index (χ2v) is 4.04. The molecule has 5 heteroatoms. The fourth-order valence-corrected chi connectivity index (χ4v) is 1.84. The quantitative estimate of drug-likeness (QED) is 0.848. The van der Waals surface area contributed by atoms with Crippen LogP contribution in [0.1, 0.15) is 5.56 Å². The molecule has 2 rings (SSSR count). The number of hydrogen-bond acceptors (Lipinski definition) is 3. The number of aliphatic hydroxyl groups excluding tert-OH is 1. The number of aliphatic hydroxyl groups is 1. The van der Waals surface area contributed by atoms with Crippen LogP contribution in [0.25, 0.3) is 5.82 Å². The van der Waals surface area contributed by atoms with Gasteiger partial charge in [0.1, 0.15) is 10.4 Å². The standard InChI is InChI=1S/C11H9BrN2O2/c12-9-5-8(7-15)6-10(13-9)14-4-2-1-3-11(14)16/h1-6,15H,7H2. The SMILES string of the molecule is O=c1ccccn1-c1cc(CO)cc(Br)n1. The van der Waals surface area contributed by atoms with E-state index < -0.39 is 0 Å². The van der Waals surface area contributed by atoms with Gasteiger partial charge in [-0.3, -0.25) is 9.36 Å². The number of nitrogens with zero attached hydrogens (tertiary/aromatic N) is 2. The molecule has 4 nitrogen and oxygen atoms in total. The molecule has 0 aliphatic heterocycles. The lowest BCUT2D eigenvalue weighted by atomic mass is 10.3. The number of aromatic nitrogens is 2. The van der Waals surface area contributed by atoms with E-state index in [0.29, 0.717) is 16.0 Å². The van der Waals surface area contributed by atoms with E-state index in [0.717, 1.165) is 0 Å². The smallest absolute Gasteiger partial charge is 0.256 e. The van der Waals surface area contributed by atoms with E-state index >= 15 is 0 Å². The number of hydrogen-bond donors (Lipinski definition) is 1. The predicted octanol–water partition coefficient (Wildman–Crippen LogP) is 1.49. The van der Waals surface area contributed by atoms with E-state index in [-0.39, 0.29) is 12.2 Å². The second kappa shape index (κ2) is 4.59. The maximum absolute atomic E-state index is 11.6. The number of pyridine rings is 2. The van der Waals surface area contributed by atoms with Crippen LogP contribution in [0, 0.1) is 0 Å². The zero-order valence-corrected chi connectivity index (χ0v) is 9.89. The van der Waals surface area contributed by atoms with Gasteiger partial charge < -0.3 is 5.11 Å². The molecule has 82 valence electrons. The second-order valence-electron chi connectivity index (χ2n) is 3.22. The lowest BCUT2D eigenvalue weighted by Gasteiger charge is -2.06. The lowest BCUT2D eigenvalue weighted by molar-refractivity contribution is 0.281. The Bertz CT molecular complexity index is 566. The molecule has 0 aliphatic carbocycles. The molecule has 0 aromatic carbocycles. The number of rotatable bonds is 2. The van der Waals surface area contributed by atoms with Crippen LogP contribution in [0.15, 0.2) is 45.9 Å². The Morgan fingerprint density at radius 1 is 1.38 bits per heavy atom. The molecular formula is C11H9BrN2O2. The van der Waals surface area contributed by atoms with Crippen molar-refractivity contribution in [3.05, 3.63) is 57.0 Å². The summed E-state index contributed by atoms with van der Waals surface area (Å²) in [5.41, 5.74) is 0.546. The van der Waals surface area contributed by atoms with E-state index in [9.17, 15) is 4.79 Å². The third-order valence-corrected chi connectivity index (χ3v) is 2.50. The average molecular weight is 281 g/mol. The molecule has 0 unspecified atom stereocenters. The summed E-state index contributed by atoms with van der Waals surface area (Å²) in [7, 11) is 0. The highest BCUT2D eigenvalue weighted by atomic mass is 79.9. The molecule has 1 N–H and O–H groups in total. The van der Waals surface area contributed by atoms with Gasteiger partial charge >= 0.3 is 0 Å². The van der Waals surface area contributed by atoms with Crippen molar-refractivity contribution in [1.82, 2.24) is 9.55 Å². The van der Waals surface area contributed by atoms with Gasteiger partial charge in [-0.25, -0.2) is 4.98 Å². The maximum atomic E-state index is 11.6. The number of halogens is 1. The van der Waals surface area contributed by atoms with E-state index in [1.807, 2.05) is 0 Å². The summed E-state index contributed by atoms with van der Waals surface area (Å²) in [5.74, 6) is 0.490. The Kier molecular flexibility index (Phi) is 3.17. The van der Waals surface area contributed by atoms with E-state index in [2.05, 4.69) is 20.9 Å². The molecule has 0 amide bonds. The molecule has 0 radical (unpaired) electrons. The Labute approximate surface area is 100 Å². The highest BCUT2D eigenvalue weighted by Gasteiger charge is 2.03. The molecule has 2 aromatic heterocycles. The van der Waals surface area contributed by atoms with E-state index in [1.54, 1.807) is 30.5 Å². The van der Waals surface area contributed by atoms with Crippen molar-refractivity contribution in [2.24, 2.45) is 0 Å². The van der Waals surface area contributed by atoms with E-state index in [1.165, 1.54) is 10.6 Å². The molecule has 0 saturated carbocycles. The van der Waals surface area contributed by atoms with Crippen molar-refractivity contribution in [2.75, 3.05) is 0 Å². The van der Waals surface area contributed by atoms with Gasteiger partial charge in [-0.2, -0.15) is 0 Å². The highest BCUT2D eigenvalue weighted by Crippen LogP contribution is 2.13. The van der Waals surface area contributed by atoms with Gasteiger partial charge in [0, 0.05) is 12.3 Å². The van der Waals surface area contributed by atoms with Crippen LogP contribution in [0.4, 0.5) is 0 Å². The molecular weight excluding hydrogens is 272 g/mol. The third kappa shape index (κ3) is 2.20. The van der Waals surface area contributed by atoms with Gasteiger partial charge in [-0.05, 0) is 39.7 Å². The van der Waals surface area contributed by atoms with Crippen molar-refractivity contribution < 1.29 is 5.11 Å². The van der Waals surface area contributed by atoms with Gasteiger partial charge in [-0.1, -0.05) is 6.07 Å². The first-order chi connectivity index (χ1) is 7.70. The predicted molar refractivity (Wildman–Crippen MR) is 63.5 cm³/mol. The van der Waals surface area contributed by atoms with Gasteiger partial charge in [0.05, 0.1) is 6.61 Å². The fourth-order valence-electron chi connectivity index (χ4n) is 1.37. The van der Waals surface area contributed by atoms with Crippen LogP contribution in [0.5, 0.6) is 0 Å². The minimum absolute atomic E-state index is 0.0876. The first-order valence-corrected chi connectivity index (χ1v) is 5.45. The summed E-state index contributed by atoms with van der Waals surface area (Å²) < 4.78 is 2.01. The fraction of sp³-hybridized carbons (Fsp3) is 0.0909. The lowest BCUT2D eigenvalue weighted by Crippen LogP contribution is -2.17. The summed E-state index contributed by atoms with van der Waals surface area (Å²) in [6.07, 6.45) is 1.64. The molecule has 0 atom stereocenters. The van der Waals surface area contributed by atoms with Crippen molar-refractivity contribution in [3.63, 3.8) is 0 Å². The Hall–Kier alpha value is -1.46. The molecule has 0 fully saturated rings. The first kappa shape index (κ1) is 11.0. The molecule has 0 saturated heterocycles. The highest BCUT2D eigenvalue weighted by molar-refractivity contribution is 9.10. The Morgan fingerprint density at radius 2 is 2.19 bits per heavy atom. The summed E-state index contributed by atoms with van der Waals surface area (Å²) in [4.78, 5) is 15.8. The van der Waals surface area contributed by atoms with Crippen molar-refractivity contribution in [1.29, 1.82) is 0 Å². The van der Waals surface area contributed by atoms with Gasteiger partial charge in [0.25, 0.3) is 5.56 Å². The monoisotopic (exact) mass is 280 g/mol. The summed E-state index contributed by atoms with van der Waals surface area (Å²) in [6.45, 7) is -0.0876. The molecule has 2 aromatic rings. The zero-order chi connectivity index (χ0) is 11.5. The van der Waals surface area contributed by atoms with Crippen LogP contribution in [0.3, 0.4) is 0 Å². The molecule has 0 spiro atoms. The topological polar surface area (TPSA) is 55.1 Å². The van der Waals surface area contributed by atoms with E-state index in [4.69, 9.17) is 5.11 Å². The van der Waals surface area contributed by atoms with Gasteiger partial charge in [0.15, 0.2) is 0 Å². The van der Waals surface area contributed by atoms with Gasteiger partial charge in [-0.15, -0.1) is 0 Å². The minimum Gasteiger partial charge on any atom is -0.392 e. The van der Waals surface area contributed by atoms with Gasteiger partial charge in [0.2, 0.25) is 0 Å². The Morgan fingerprint density at radius 3 is 2.88 bits per heavy atom. The zero-order valence-electron chi connectivity index (χ0n) is 8.30. The largest absolute Gasteiger partial charge is 0.392 e. The van der Waals surface area contributed by atoms with Crippen molar-refractivity contribution in [3.8, 4) is 5.82 Å². The minimum atomic E-state index is -0.156. The van der Waals surface area contributed by atoms with Crippen LogP contribution in [-0.2, 0) is 6.61 Å². The summed E-state index contributed by atoms with van der Waals surface area (Å²) in [6, 6.07) is 8.26. The normalized spacial score (nSPS) is 10.4. The average Bonchev–Trinajstić information content (AvgIpc) is 2.28. The Balaban J connectivity index is 2.60. The summed E-state index contributed by atoms with van der Waals surface area (Å²) in [5, 5.41) is 9.07. The molecule has 16 heavy (non-hydrogen) atoms. The maximum Gasteiger partial charge on any atom is 0.256 e.